The van der Waals surface area contributed by atoms with Crippen molar-refractivity contribution < 1.29 is 4.74 Å². The van der Waals surface area contributed by atoms with Crippen LogP contribution in [0.5, 0.6) is 5.88 Å². The van der Waals surface area contributed by atoms with E-state index in [-0.39, 0.29) is 11.5 Å². The van der Waals surface area contributed by atoms with Gasteiger partial charge in [-0.15, -0.1) is 0 Å². The number of ether oxygens (including phenoxy) is 1. The van der Waals surface area contributed by atoms with E-state index >= 15 is 0 Å². The first-order valence-electron chi connectivity index (χ1n) is 9.52. The molecule has 0 aliphatic carbocycles. The van der Waals surface area contributed by atoms with Gasteiger partial charge in [0.1, 0.15) is 0 Å². The molecule has 0 spiro atoms. The highest BCUT2D eigenvalue weighted by Gasteiger charge is 2.32. The summed E-state index contributed by atoms with van der Waals surface area (Å²) in [6, 6.07) is 8.86. The van der Waals surface area contributed by atoms with Crippen LogP contribution < -0.4 is 15.4 Å². The second-order valence-electron chi connectivity index (χ2n) is 7.97. The molecule has 3 rings (SSSR count). The Morgan fingerprint density at radius 2 is 2.08 bits per heavy atom. The molecule has 4 heteroatoms. The van der Waals surface area contributed by atoms with Gasteiger partial charge in [-0.1, -0.05) is 26.8 Å². The molecule has 0 saturated heterocycles. The highest BCUT2D eigenvalue weighted by atomic mass is 16.5. The first-order valence-corrected chi connectivity index (χ1v) is 9.52. The largest absolute Gasteiger partial charge is 0.481 e. The molecule has 0 saturated carbocycles. The summed E-state index contributed by atoms with van der Waals surface area (Å²) < 4.78 is 5.28. The number of anilines is 1. The number of nitrogens with two attached hydrogens (primary N) is 1. The summed E-state index contributed by atoms with van der Waals surface area (Å²) in [4.78, 5) is 6.69. The van der Waals surface area contributed by atoms with Gasteiger partial charge in [-0.05, 0) is 59.6 Å². The molecule has 1 atom stereocenters. The lowest BCUT2D eigenvalue weighted by atomic mass is 9.75. The van der Waals surface area contributed by atoms with E-state index in [0.29, 0.717) is 5.88 Å². The third-order valence-corrected chi connectivity index (χ3v) is 5.59. The Bertz CT molecular complexity index is 783. The van der Waals surface area contributed by atoms with Crippen LogP contribution >= 0.6 is 0 Å². The molecule has 0 fully saturated rings. The number of aromatic nitrogens is 1. The van der Waals surface area contributed by atoms with Gasteiger partial charge in [-0.25, -0.2) is 4.98 Å². The van der Waals surface area contributed by atoms with Gasteiger partial charge in [0.15, 0.2) is 0 Å². The second kappa shape index (κ2) is 7.28. The number of aryl methyl sites for hydroxylation is 1. The van der Waals surface area contributed by atoms with Crippen LogP contribution in [-0.4, -0.2) is 18.6 Å². The minimum atomic E-state index is 0.0446. The average molecular weight is 354 g/mol. The molecule has 140 valence electrons. The molecule has 1 aromatic heterocycles. The topological polar surface area (TPSA) is 51.4 Å². The Morgan fingerprint density at radius 3 is 2.73 bits per heavy atom. The summed E-state index contributed by atoms with van der Waals surface area (Å²) in [7, 11) is 1.66. The Kier molecular flexibility index (Phi) is 5.24. The van der Waals surface area contributed by atoms with E-state index in [9.17, 15) is 0 Å². The smallest absolute Gasteiger partial charge is 0.213 e. The Labute approximate surface area is 157 Å². The zero-order valence-corrected chi connectivity index (χ0v) is 16.7. The molecule has 1 unspecified atom stereocenters. The molecular formula is C22H31N3O. The third kappa shape index (κ3) is 3.56. The van der Waals surface area contributed by atoms with Crippen molar-refractivity contribution in [1.29, 1.82) is 0 Å². The van der Waals surface area contributed by atoms with E-state index in [1.54, 1.807) is 7.11 Å². The molecule has 2 N–H and O–H groups in total. The Balaban J connectivity index is 2.03. The quantitative estimate of drug-likeness (QED) is 0.868. The summed E-state index contributed by atoms with van der Waals surface area (Å²) in [5.41, 5.74) is 13.1. The van der Waals surface area contributed by atoms with E-state index in [0.717, 1.165) is 25.9 Å². The van der Waals surface area contributed by atoms with Crippen molar-refractivity contribution in [3.63, 3.8) is 0 Å². The van der Waals surface area contributed by atoms with Gasteiger partial charge in [0.2, 0.25) is 5.88 Å². The van der Waals surface area contributed by atoms with Crippen molar-refractivity contribution in [1.82, 2.24) is 4.98 Å². The lowest BCUT2D eigenvalue weighted by Gasteiger charge is -2.41. The van der Waals surface area contributed by atoms with E-state index < -0.39 is 0 Å². The molecule has 26 heavy (non-hydrogen) atoms. The fraction of sp³-hybridized carbons (Fsp3) is 0.500. The van der Waals surface area contributed by atoms with Crippen molar-refractivity contribution in [3.05, 3.63) is 52.7 Å². The maximum absolute atomic E-state index is 6.28. The highest BCUT2D eigenvalue weighted by molar-refractivity contribution is 5.63. The van der Waals surface area contributed by atoms with Crippen molar-refractivity contribution in [2.75, 3.05) is 18.6 Å². The molecule has 0 amide bonds. The van der Waals surface area contributed by atoms with E-state index in [2.05, 4.69) is 55.8 Å². The first-order chi connectivity index (χ1) is 12.4. The van der Waals surface area contributed by atoms with E-state index in [1.165, 1.54) is 27.9 Å². The van der Waals surface area contributed by atoms with Crippen LogP contribution in [0.2, 0.25) is 0 Å². The molecule has 4 nitrogen and oxygen atoms in total. The van der Waals surface area contributed by atoms with Gasteiger partial charge in [0, 0.05) is 37.1 Å². The monoisotopic (exact) mass is 353 g/mol. The summed E-state index contributed by atoms with van der Waals surface area (Å²) in [6.45, 7) is 10.9. The number of methoxy groups -OCH3 is 1. The fourth-order valence-electron chi connectivity index (χ4n) is 3.90. The standard InChI is InChI=1S/C22H31N3O/c1-6-17-12-19-20(13-18(17)15(2)23)25(10-8-22(19,3)4)14-16-7-9-24-21(11-16)26-5/h7,9,11-13,15H,6,8,10,14,23H2,1-5H3. The van der Waals surface area contributed by atoms with Crippen molar-refractivity contribution in [2.45, 2.75) is 58.5 Å². The lowest BCUT2D eigenvalue weighted by Crippen LogP contribution is -2.37. The first kappa shape index (κ1) is 18.7. The lowest BCUT2D eigenvalue weighted by molar-refractivity contribution is 0.397. The minimum Gasteiger partial charge on any atom is -0.481 e. The maximum atomic E-state index is 6.28. The molecule has 2 aromatic rings. The number of rotatable bonds is 5. The van der Waals surface area contributed by atoms with Crippen molar-refractivity contribution in [3.8, 4) is 5.88 Å². The van der Waals surface area contributed by atoms with Crippen LogP contribution in [0, 0.1) is 0 Å². The molecule has 1 aliphatic heterocycles. The number of hydrogen-bond donors (Lipinski definition) is 1. The van der Waals surface area contributed by atoms with Crippen molar-refractivity contribution >= 4 is 5.69 Å². The summed E-state index contributed by atoms with van der Waals surface area (Å²) in [5.74, 6) is 0.665. The number of nitrogens with zero attached hydrogens (tertiary/aromatic N) is 2. The molecule has 1 aromatic carbocycles. The van der Waals surface area contributed by atoms with Gasteiger partial charge in [0.25, 0.3) is 0 Å². The highest BCUT2D eigenvalue weighted by Crippen LogP contribution is 2.42. The maximum Gasteiger partial charge on any atom is 0.213 e. The molecule has 2 heterocycles. The van der Waals surface area contributed by atoms with Gasteiger partial charge in [-0.3, -0.25) is 0 Å². The zero-order chi connectivity index (χ0) is 18.9. The minimum absolute atomic E-state index is 0.0446. The molecule has 1 aliphatic rings. The van der Waals surface area contributed by atoms with Crippen LogP contribution in [0.1, 0.15) is 62.4 Å². The summed E-state index contributed by atoms with van der Waals surface area (Å²) in [5, 5.41) is 0. The van der Waals surface area contributed by atoms with Gasteiger partial charge < -0.3 is 15.4 Å². The molecule has 0 radical (unpaired) electrons. The molecule has 0 bridgehead atoms. The van der Waals surface area contributed by atoms with E-state index in [1.807, 2.05) is 12.3 Å². The fourth-order valence-corrected chi connectivity index (χ4v) is 3.90. The average Bonchev–Trinajstić information content (AvgIpc) is 2.63. The summed E-state index contributed by atoms with van der Waals surface area (Å²) >= 11 is 0. The SMILES string of the molecule is CCc1cc2c(cc1C(C)N)N(Cc1ccnc(OC)c1)CCC2(C)C. The van der Waals surface area contributed by atoms with Gasteiger partial charge in [0.05, 0.1) is 7.11 Å². The second-order valence-corrected chi connectivity index (χ2v) is 7.97. The number of fused-ring (bicyclic) bond motifs is 1. The van der Waals surface area contributed by atoms with Crippen LogP contribution in [0.25, 0.3) is 0 Å². The number of benzene rings is 1. The molecular weight excluding hydrogens is 322 g/mol. The van der Waals surface area contributed by atoms with Crippen molar-refractivity contribution in [2.24, 2.45) is 5.73 Å². The predicted molar refractivity (Wildman–Crippen MR) is 108 cm³/mol. The van der Waals surface area contributed by atoms with Crippen LogP contribution in [-0.2, 0) is 18.4 Å². The number of pyridine rings is 1. The van der Waals surface area contributed by atoms with Crippen LogP contribution in [0.15, 0.2) is 30.5 Å². The van der Waals surface area contributed by atoms with Gasteiger partial charge in [-0.2, -0.15) is 0 Å². The normalized spacial score (nSPS) is 16.9. The predicted octanol–water partition coefficient (Wildman–Crippen LogP) is 4.36. The Hall–Kier alpha value is -2.07. The van der Waals surface area contributed by atoms with Gasteiger partial charge >= 0.3 is 0 Å². The zero-order valence-electron chi connectivity index (χ0n) is 16.7. The third-order valence-electron chi connectivity index (χ3n) is 5.59. The van der Waals surface area contributed by atoms with E-state index in [4.69, 9.17) is 10.5 Å². The Morgan fingerprint density at radius 1 is 1.31 bits per heavy atom. The van der Waals surface area contributed by atoms with Crippen LogP contribution in [0.4, 0.5) is 5.69 Å². The number of hydrogen-bond acceptors (Lipinski definition) is 4. The van der Waals surface area contributed by atoms with Crippen LogP contribution in [0.3, 0.4) is 0 Å². The summed E-state index contributed by atoms with van der Waals surface area (Å²) in [6.07, 6.45) is 3.97.